The van der Waals surface area contributed by atoms with Gasteiger partial charge in [0.25, 0.3) is 5.91 Å². The van der Waals surface area contributed by atoms with Crippen molar-refractivity contribution in [3.8, 4) is 0 Å². The van der Waals surface area contributed by atoms with E-state index in [0.29, 0.717) is 18.2 Å². The molecule has 2 aromatic carbocycles. The summed E-state index contributed by atoms with van der Waals surface area (Å²) in [6.45, 7) is 5.05. The summed E-state index contributed by atoms with van der Waals surface area (Å²) in [7, 11) is 0.322. The minimum atomic E-state index is -3.54. The molecule has 3 rings (SSSR count). The lowest BCUT2D eigenvalue weighted by atomic mass is 10.1. The first-order valence-corrected chi connectivity index (χ1v) is 11.9. The van der Waals surface area contributed by atoms with Crippen LogP contribution >= 0.6 is 23.7 Å². The lowest BCUT2D eigenvalue weighted by molar-refractivity contribution is 0.0982. The Kier molecular flexibility index (Phi) is 7.63. The number of thiazole rings is 1. The van der Waals surface area contributed by atoms with Gasteiger partial charge in [0, 0.05) is 19.3 Å². The molecule has 0 bridgehead atoms. The Morgan fingerprint density at radius 3 is 2.27 bits per heavy atom. The standard InChI is InChI=1S/C21H25N3O3S2.ClH/c1-14-10-11-15(2)19-18(14)22-21(28-19)24(13-12-23(3)4)20(25)16-8-6-7-9-17(16)29(5,26)27;/h6-11H,12-13H2,1-5H3;1H. The van der Waals surface area contributed by atoms with Crippen LogP contribution in [0, 0.1) is 13.8 Å². The number of sulfone groups is 1. The summed E-state index contributed by atoms with van der Waals surface area (Å²) in [5.74, 6) is -0.359. The summed E-state index contributed by atoms with van der Waals surface area (Å²) < 4.78 is 25.5. The Hall–Kier alpha value is -2.00. The molecule has 0 spiro atoms. The highest BCUT2D eigenvalue weighted by Crippen LogP contribution is 2.34. The number of amides is 1. The summed E-state index contributed by atoms with van der Waals surface area (Å²) in [6, 6.07) is 10.4. The number of carbonyl (C=O) groups excluding carboxylic acids is 1. The number of likely N-dealkylation sites (N-methyl/N-ethyl adjacent to an activating group) is 1. The Balaban J connectivity index is 0.00000320. The van der Waals surface area contributed by atoms with E-state index in [2.05, 4.69) is 0 Å². The fourth-order valence-electron chi connectivity index (χ4n) is 3.06. The molecule has 1 aromatic heterocycles. The van der Waals surface area contributed by atoms with Gasteiger partial charge in [0.1, 0.15) is 0 Å². The molecule has 0 N–H and O–H groups in total. The zero-order chi connectivity index (χ0) is 21.3. The van der Waals surface area contributed by atoms with Crippen molar-refractivity contribution in [2.45, 2.75) is 18.7 Å². The number of aromatic nitrogens is 1. The highest BCUT2D eigenvalue weighted by molar-refractivity contribution is 7.90. The first kappa shape index (κ1) is 24.3. The number of rotatable bonds is 6. The Bertz CT molecular complexity index is 1130. The van der Waals surface area contributed by atoms with Crippen molar-refractivity contribution in [1.82, 2.24) is 9.88 Å². The van der Waals surface area contributed by atoms with Gasteiger partial charge in [0.05, 0.1) is 20.7 Å². The summed E-state index contributed by atoms with van der Waals surface area (Å²) in [5, 5.41) is 0.576. The van der Waals surface area contributed by atoms with Crippen LogP contribution in [0.1, 0.15) is 21.5 Å². The van der Waals surface area contributed by atoms with Crippen molar-refractivity contribution in [2.75, 3.05) is 38.3 Å². The first-order valence-electron chi connectivity index (χ1n) is 9.22. The third-order valence-electron chi connectivity index (χ3n) is 4.69. The number of benzene rings is 2. The molecule has 0 aliphatic rings. The third kappa shape index (κ3) is 5.00. The molecule has 1 heterocycles. The van der Waals surface area contributed by atoms with Gasteiger partial charge in [-0.2, -0.15) is 0 Å². The second kappa shape index (κ2) is 9.43. The smallest absolute Gasteiger partial charge is 0.261 e. The van der Waals surface area contributed by atoms with E-state index >= 15 is 0 Å². The van der Waals surface area contributed by atoms with Crippen LogP contribution in [0.25, 0.3) is 10.2 Å². The maximum Gasteiger partial charge on any atom is 0.261 e. The van der Waals surface area contributed by atoms with Gasteiger partial charge in [-0.15, -0.1) is 12.4 Å². The number of hydrogen-bond donors (Lipinski definition) is 0. The van der Waals surface area contributed by atoms with Crippen molar-refractivity contribution >= 4 is 54.8 Å². The Labute approximate surface area is 187 Å². The number of nitrogens with zero attached hydrogens (tertiary/aromatic N) is 3. The number of anilines is 1. The minimum absolute atomic E-state index is 0. The topological polar surface area (TPSA) is 70.6 Å². The maximum absolute atomic E-state index is 13.5. The predicted molar refractivity (Wildman–Crippen MR) is 126 cm³/mol. The molecule has 3 aromatic rings. The first-order chi connectivity index (χ1) is 13.6. The van der Waals surface area contributed by atoms with Gasteiger partial charge in [-0.05, 0) is 51.2 Å². The summed E-state index contributed by atoms with van der Waals surface area (Å²) in [5.41, 5.74) is 3.20. The minimum Gasteiger partial charge on any atom is -0.308 e. The van der Waals surface area contributed by atoms with E-state index in [4.69, 9.17) is 4.98 Å². The van der Waals surface area contributed by atoms with Crippen molar-refractivity contribution in [3.05, 3.63) is 53.1 Å². The van der Waals surface area contributed by atoms with Gasteiger partial charge in [-0.25, -0.2) is 13.4 Å². The SMILES string of the molecule is Cc1ccc(C)c2sc(N(CCN(C)C)C(=O)c3ccccc3S(C)(=O)=O)nc12.Cl. The maximum atomic E-state index is 13.5. The quantitative estimate of drug-likeness (QED) is 0.549. The normalized spacial score (nSPS) is 11.5. The third-order valence-corrected chi connectivity index (χ3v) is 7.06. The molecule has 162 valence electrons. The van der Waals surface area contributed by atoms with Crippen molar-refractivity contribution in [1.29, 1.82) is 0 Å². The fourth-order valence-corrected chi connectivity index (χ4v) is 5.08. The van der Waals surface area contributed by atoms with E-state index < -0.39 is 9.84 Å². The van der Waals surface area contributed by atoms with Crippen molar-refractivity contribution < 1.29 is 13.2 Å². The molecule has 0 fully saturated rings. The van der Waals surface area contributed by atoms with Gasteiger partial charge in [-0.1, -0.05) is 35.6 Å². The number of aryl methyl sites for hydroxylation is 2. The van der Waals surface area contributed by atoms with Crippen LogP contribution < -0.4 is 4.90 Å². The molecule has 6 nitrogen and oxygen atoms in total. The lowest BCUT2D eigenvalue weighted by Crippen LogP contribution is -2.37. The van der Waals surface area contributed by atoms with Gasteiger partial charge in [-0.3, -0.25) is 9.69 Å². The molecule has 0 aliphatic heterocycles. The zero-order valence-electron chi connectivity index (χ0n) is 17.7. The van der Waals surface area contributed by atoms with Gasteiger partial charge < -0.3 is 4.90 Å². The average Bonchev–Trinajstić information content (AvgIpc) is 3.10. The van der Waals surface area contributed by atoms with E-state index in [0.717, 1.165) is 27.6 Å². The number of carbonyl (C=O) groups is 1. The molecule has 0 saturated carbocycles. The van der Waals surface area contributed by atoms with Crippen LogP contribution in [0.3, 0.4) is 0 Å². The Morgan fingerprint density at radius 1 is 1.03 bits per heavy atom. The predicted octanol–water partition coefficient (Wildman–Crippen LogP) is 3.95. The molecule has 0 aliphatic carbocycles. The van der Waals surface area contributed by atoms with Crippen LogP contribution in [0.5, 0.6) is 0 Å². The van der Waals surface area contributed by atoms with Crippen LogP contribution in [0.15, 0.2) is 41.3 Å². The van der Waals surface area contributed by atoms with Crippen LogP contribution in [0.4, 0.5) is 5.13 Å². The van der Waals surface area contributed by atoms with Crippen LogP contribution in [-0.4, -0.2) is 57.6 Å². The fraction of sp³-hybridized carbons (Fsp3) is 0.333. The second-order valence-corrected chi connectivity index (χ2v) is 10.4. The van der Waals surface area contributed by atoms with Gasteiger partial charge in [0.2, 0.25) is 0 Å². The lowest BCUT2D eigenvalue weighted by Gasteiger charge is -2.23. The van der Waals surface area contributed by atoms with E-state index in [1.54, 1.807) is 23.1 Å². The van der Waals surface area contributed by atoms with Crippen molar-refractivity contribution in [3.63, 3.8) is 0 Å². The molecule has 1 amide bonds. The van der Waals surface area contributed by atoms with Crippen LogP contribution in [-0.2, 0) is 9.84 Å². The summed E-state index contributed by atoms with van der Waals surface area (Å²) >= 11 is 1.46. The number of halogens is 1. The van der Waals surface area contributed by atoms with E-state index in [-0.39, 0.29) is 28.8 Å². The van der Waals surface area contributed by atoms with Gasteiger partial charge >= 0.3 is 0 Å². The largest absolute Gasteiger partial charge is 0.308 e. The summed E-state index contributed by atoms with van der Waals surface area (Å²) in [4.78, 5) is 21.8. The van der Waals surface area contributed by atoms with E-state index in [1.807, 2.05) is 45.0 Å². The van der Waals surface area contributed by atoms with E-state index in [1.165, 1.54) is 17.4 Å². The second-order valence-electron chi connectivity index (χ2n) is 7.40. The number of hydrogen-bond acceptors (Lipinski definition) is 6. The zero-order valence-corrected chi connectivity index (χ0v) is 20.1. The molecule has 9 heteroatoms. The highest BCUT2D eigenvalue weighted by atomic mass is 35.5. The van der Waals surface area contributed by atoms with E-state index in [9.17, 15) is 13.2 Å². The molecule has 0 radical (unpaired) electrons. The Morgan fingerprint density at radius 2 is 1.67 bits per heavy atom. The summed E-state index contributed by atoms with van der Waals surface area (Å²) in [6.07, 6.45) is 1.12. The monoisotopic (exact) mass is 467 g/mol. The molecule has 0 atom stereocenters. The average molecular weight is 468 g/mol. The molecule has 0 unspecified atom stereocenters. The molecule has 30 heavy (non-hydrogen) atoms. The van der Waals surface area contributed by atoms with Crippen molar-refractivity contribution in [2.24, 2.45) is 0 Å². The molecular formula is C21H26ClN3O3S2. The van der Waals surface area contributed by atoms with Gasteiger partial charge in [0.15, 0.2) is 15.0 Å². The highest BCUT2D eigenvalue weighted by Gasteiger charge is 2.26. The number of fused-ring (bicyclic) bond motifs is 1. The van der Waals surface area contributed by atoms with Crippen LogP contribution in [0.2, 0.25) is 0 Å². The molecular weight excluding hydrogens is 442 g/mol. The molecule has 0 saturated heterocycles.